The number of halogens is 3. The van der Waals surface area contributed by atoms with Crippen LogP contribution in [0, 0.1) is 17.5 Å². The van der Waals surface area contributed by atoms with Crippen LogP contribution in [0.5, 0.6) is 0 Å². The lowest BCUT2D eigenvalue weighted by molar-refractivity contribution is -0.137. The maximum Gasteiger partial charge on any atom is 0.304 e. The first-order chi connectivity index (χ1) is 9.62. The average molecular weight is 325 g/mol. The second kappa shape index (κ2) is 6.44. The molecule has 0 heterocycles. The van der Waals surface area contributed by atoms with Crippen LogP contribution in [0.15, 0.2) is 17.0 Å². The molecule has 0 aromatic heterocycles. The molecule has 21 heavy (non-hydrogen) atoms. The molecule has 1 atom stereocenters. The van der Waals surface area contributed by atoms with E-state index < -0.39 is 50.8 Å². The van der Waals surface area contributed by atoms with Gasteiger partial charge < -0.3 is 5.11 Å². The Morgan fingerprint density at radius 2 is 1.86 bits per heavy atom. The van der Waals surface area contributed by atoms with E-state index in [1.54, 1.807) is 0 Å². The molecule has 0 amide bonds. The van der Waals surface area contributed by atoms with Gasteiger partial charge in [-0.3, -0.25) is 4.79 Å². The van der Waals surface area contributed by atoms with Crippen molar-refractivity contribution in [1.82, 2.24) is 4.31 Å². The van der Waals surface area contributed by atoms with Crippen molar-refractivity contribution in [2.75, 3.05) is 6.54 Å². The number of carbonyl (C=O) groups is 1. The molecule has 0 saturated carbocycles. The molecule has 0 saturated heterocycles. The highest BCUT2D eigenvalue weighted by molar-refractivity contribution is 7.89. The fourth-order valence-corrected chi connectivity index (χ4v) is 3.60. The summed E-state index contributed by atoms with van der Waals surface area (Å²) >= 11 is 0. The van der Waals surface area contributed by atoms with E-state index in [0.29, 0.717) is 12.1 Å². The zero-order valence-corrected chi connectivity index (χ0v) is 12.1. The zero-order chi connectivity index (χ0) is 16.4. The second-order valence-electron chi connectivity index (χ2n) is 4.33. The van der Waals surface area contributed by atoms with Gasteiger partial charge in [0.2, 0.25) is 10.0 Å². The quantitative estimate of drug-likeness (QED) is 0.812. The summed E-state index contributed by atoms with van der Waals surface area (Å²) in [5, 5.41) is 8.69. The second-order valence-corrected chi connectivity index (χ2v) is 6.19. The van der Waals surface area contributed by atoms with Gasteiger partial charge in [0, 0.05) is 12.6 Å². The van der Waals surface area contributed by atoms with E-state index in [1.165, 1.54) is 13.8 Å². The third kappa shape index (κ3) is 3.53. The molecule has 118 valence electrons. The van der Waals surface area contributed by atoms with E-state index in [4.69, 9.17) is 5.11 Å². The molecule has 9 heteroatoms. The van der Waals surface area contributed by atoms with Crippen molar-refractivity contribution in [3.8, 4) is 0 Å². The molecule has 0 aliphatic heterocycles. The summed E-state index contributed by atoms with van der Waals surface area (Å²) in [6.07, 6.45) is -0.502. The van der Waals surface area contributed by atoms with Crippen molar-refractivity contribution in [2.45, 2.75) is 31.2 Å². The molecule has 1 N–H and O–H groups in total. The molecular formula is C12H14F3NO4S. The third-order valence-electron chi connectivity index (χ3n) is 2.86. The summed E-state index contributed by atoms with van der Waals surface area (Å²) in [5.74, 6) is -6.45. The Balaban J connectivity index is 3.32. The summed E-state index contributed by atoms with van der Waals surface area (Å²) in [5.41, 5.74) is 0. The Morgan fingerprint density at radius 3 is 2.33 bits per heavy atom. The number of carboxylic acids is 1. The summed E-state index contributed by atoms with van der Waals surface area (Å²) in [6, 6.07) is 0.144. The van der Waals surface area contributed by atoms with Crippen LogP contribution in [0.3, 0.4) is 0 Å². The maximum atomic E-state index is 13.6. The van der Waals surface area contributed by atoms with E-state index in [0.717, 1.165) is 4.31 Å². The molecule has 1 aromatic rings. The topological polar surface area (TPSA) is 74.7 Å². The standard InChI is InChI=1S/C12H14F3NO4S/c1-3-16(7(2)6-10(17)18)21(19,20)9-5-4-8(13)11(14)12(9)15/h4-5,7H,3,6H2,1-2H3,(H,17,18). The van der Waals surface area contributed by atoms with Gasteiger partial charge in [-0.05, 0) is 19.1 Å². The van der Waals surface area contributed by atoms with Gasteiger partial charge in [-0.1, -0.05) is 6.92 Å². The fraction of sp³-hybridized carbons (Fsp3) is 0.417. The summed E-state index contributed by atoms with van der Waals surface area (Å²) < 4.78 is 64.9. The van der Waals surface area contributed by atoms with Gasteiger partial charge >= 0.3 is 5.97 Å². The molecule has 0 radical (unpaired) electrons. The minimum Gasteiger partial charge on any atom is -0.481 e. The van der Waals surface area contributed by atoms with Crippen molar-refractivity contribution in [1.29, 1.82) is 0 Å². The Bertz CT molecular complexity index is 648. The van der Waals surface area contributed by atoms with E-state index in [2.05, 4.69) is 0 Å². The van der Waals surface area contributed by atoms with Crippen LogP contribution in [0.1, 0.15) is 20.3 Å². The van der Waals surface area contributed by atoms with Gasteiger partial charge in [0.15, 0.2) is 17.5 Å². The molecular weight excluding hydrogens is 311 g/mol. The van der Waals surface area contributed by atoms with Crippen LogP contribution >= 0.6 is 0 Å². The van der Waals surface area contributed by atoms with Gasteiger partial charge in [0.25, 0.3) is 0 Å². The van der Waals surface area contributed by atoms with Gasteiger partial charge in [-0.25, -0.2) is 21.6 Å². The molecule has 0 bridgehead atoms. The van der Waals surface area contributed by atoms with Crippen LogP contribution in [0.25, 0.3) is 0 Å². The molecule has 1 unspecified atom stereocenters. The minimum atomic E-state index is -4.48. The van der Waals surface area contributed by atoms with Gasteiger partial charge in [0.05, 0.1) is 6.42 Å². The number of aliphatic carboxylic acids is 1. The van der Waals surface area contributed by atoms with Gasteiger partial charge in [0.1, 0.15) is 4.90 Å². The molecule has 0 aliphatic carbocycles. The SMILES string of the molecule is CCN(C(C)CC(=O)O)S(=O)(=O)c1ccc(F)c(F)c1F. The monoisotopic (exact) mass is 325 g/mol. The first kappa shape index (κ1) is 17.4. The maximum absolute atomic E-state index is 13.6. The molecule has 0 spiro atoms. The van der Waals surface area contributed by atoms with Crippen LogP contribution in [-0.2, 0) is 14.8 Å². The molecule has 0 fully saturated rings. The Labute approximate surface area is 120 Å². The Morgan fingerprint density at radius 1 is 1.29 bits per heavy atom. The average Bonchev–Trinajstić information content (AvgIpc) is 2.35. The normalized spacial score (nSPS) is 13.4. The lowest BCUT2D eigenvalue weighted by Gasteiger charge is -2.26. The highest BCUT2D eigenvalue weighted by Gasteiger charge is 2.32. The van der Waals surface area contributed by atoms with Gasteiger partial charge in [-0.15, -0.1) is 0 Å². The number of hydrogen-bond acceptors (Lipinski definition) is 3. The highest BCUT2D eigenvalue weighted by Crippen LogP contribution is 2.25. The number of hydrogen-bond donors (Lipinski definition) is 1. The Kier molecular flexibility index (Phi) is 5.35. The van der Waals surface area contributed by atoms with Crippen molar-refractivity contribution in [2.24, 2.45) is 0 Å². The van der Waals surface area contributed by atoms with Crippen molar-refractivity contribution in [3.63, 3.8) is 0 Å². The molecule has 0 aliphatic rings. The van der Waals surface area contributed by atoms with E-state index >= 15 is 0 Å². The largest absolute Gasteiger partial charge is 0.481 e. The molecule has 1 aromatic carbocycles. The first-order valence-electron chi connectivity index (χ1n) is 6.00. The molecule has 1 rings (SSSR count). The predicted molar refractivity (Wildman–Crippen MR) is 67.6 cm³/mol. The molecule has 5 nitrogen and oxygen atoms in total. The summed E-state index contributed by atoms with van der Waals surface area (Å²) in [7, 11) is -4.48. The third-order valence-corrected chi connectivity index (χ3v) is 4.97. The number of rotatable bonds is 6. The predicted octanol–water partition coefficient (Wildman–Crippen LogP) is 1.98. The summed E-state index contributed by atoms with van der Waals surface area (Å²) in [4.78, 5) is 9.63. The fourth-order valence-electron chi connectivity index (χ4n) is 1.91. The highest BCUT2D eigenvalue weighted by atomic mass is 32.2. The lowest BCUT2D eigenvalue weighted by atomic mass is 10.2. The smallest absolute Gasteiger partial charge is 0.304 e. The van der Waals surface area contributed by atoms with Crippen LogP contribution in [0.2, 0.25) is 0 Å². The zero-order valence-electron chi connectivity index (χ0n) is 11.3. The van der Waals surface area contributed by atoms with E-state index in [9.17, 15) is 26.4 Å². The Hall–Kier alpha value is -1.61. The lowest BCUT2D eigenvalue weighted by Crippen LogP contribution is -2.40. The van der Waals surface area contributed by atoms with Crippen molar-refractivity contribution in [3.05, 3.63) is 29.6 Å². The first-order valence-corrected chi connectivity index (χ1v) is 7.44. The van der Waals surface area contributed by atoms with Crippen LogP contribution < -0.4 is 0 Å². The van der Waals surface area contributed by atoms with Crippen molar-refractivity contribution < 1.29 is 31.5 Å². The summed E-state index contributed by atoms with van der Waals surface area (Å²) in [6.45, 7) is 2.61. The number of carboxylic acid groups (broad SMARTS) is 1. The number of nitrogens with zero attached hydrogens (tertiary/aromatic N) is 1. The van der Waals surface area contributed by atoms with Crippen molar-refractivity contribution >= 4 is 16.0 Å². The minimum absolute atomic E-state index is 0.144. The van der Waals surface area contributed by atoms with Crippen LogP contribution in [-0.4, -0.2) is 36.4 Å². The van der Waals surface area contributed by atoms with Gasteiger partial charge in [-0.2, -0.15) is 4.31 Å². The van der Waals surface area contributed by atoms with E-state index in [1.807, 2.05) is 0 Å². The van der Waals surface area contributed by atoms with E-state index in [-0.39, 0.29) is 6.54 Å². The number of sulfonamides is 1. The van der Waals surface area contributed by atoms with Crippen LogP contribution in [0.4, 0.5) is 13.2 Å². The number of benzene rings is 1.